The van der Waals surface area contributed by atoms with Gasteiger partial charge in [0.2, 0.25) is 5.91 Å². The van der Waals surface area contributed by atoms with Crippen molar-refractivity contribution >= 4 is 11.8 Å². The minimum atomic E-state index is -0.202. The number of carbonyl (C=O) groups excluding carboxylic acids is 2. The van der Waals surface area contributed by atoms with Crippen molar-refractivity contribution in [2.45, 2.75) is 19.8 Å². The molecule has 5 nitrogen and oxygen atoms in total. The first kappa shape index (κ1) is 13.5. The average Bonchev–Trinajstić information content (AvgIpc) is 2.46. The van der Waals surface area contributed by atoms with Crippen molar-refractivity contribution in [2.75, 3.05) is 13.1 Å². The third-order valence-electron chi connectivity index (χ3n) is 3.60. The predicted octanol–water partition coefficient (Wildman–Crippen LogP) is 0.837. The van der Waals surface area contributed by atoms with Crippen molar-refractivity contribution in [3.05, 3.63) is 35.4 Å². The van der Waals surface area contributed by atoms with Crippen LogP contribution < -0.4 is 11.3 Å². The molecule has 1 heterocycles. The number of aryl methyl sites for hydroxylation is 1. The summed E-state index contributed by atoms with van der Waals surface area (Å²) in [5.41, 5.74) is 3.83. The molecule has 1 fully saturated rings. The molecule has 2 rings (SSSR count). The normalized spacial score (nSPS) is 19.1. The highest BCUT2D eigenvalue weighted by Gasteiger charge is 2.28. The number of hydrogen-bond acceptors (Lipinski definition) is 3. The number of nitrogens with one attached hydrogen (secondary N) is 1. The summed E-state index contributed by atoms with van der Waals surface area (Å²) in [5.74, 6) is 4.76. The second kappa shape index (κ2) is 5.84. The summed E-state index contributed by atoms with van der Waals surface area (Å²) in [5, 5.41) is 0. The van der Waals surface area contributed by atoms with E-state index in [0.29, 0.717) is 18.7 Å². The summed E-state index contributed by atoms with van der Waals surface area (Å²) in [6, 6.07) is 7.51. The van der Waals surface area contributed by atoms with E-state index in [1.54, 1.807) is 4.90 Å². The predicted molar refractivity (Wildman–Crippen MR) is 72.1 cm³/mol. The van der Waals surface area contributed by atoms with Crippen LogP contribution in [0.15, 0.2) is 24.3 Å². The van der Waals surface area contributed by atoms with Gasteiger partial charge in [0.05, 0.1) is 5.92 Å². The third kappa shape index (κ3) is 2.93. The van der Waals surface area contributed by atoms with Crippen LogP contribution in [0, 0.1) is 12.8 Å². The molecule has 0 spiro atoms. The second-order valence-electron chi connectivity index (χ2n) is 4.91. The molecule has 1 atom stereocenters. The molecule has 1 saturated heterocycles. The Hall–Kier alpha value is -1.88. The number of amides is 2. The summed E-state index contributed by atoms with van der Waals surface area (Å²) in [7, 11) is 0. The largest absolute Gasteiger partial charge is 0.338 e. The van der Waals surface area contributed by atoms with Crippen LogP contribution in [0.3, 0.4) is 0 Å². The zero-order valence-electron chi connectivity index (χ0n) is 11.1. The van der Waals surface area contributed by atoms with Gasteiger partial charge in [-0.1, -0.05) is 18.2 Å². The molecule has 0 saturated carbocycles. The Morgan fingerprint density at radius 2 is 2.11 bits per heavy atom. The van der Waals surface area contributed by atoms with Gasteiger partial charge in [0.15, 0.2) is 0 Å². The van der Waals surface area contributed by atoms with E-state index < -0.39 is 0 Å². The number of hydrogen-bond donors (Lipinski definition) is 2. The van der Waals surface area contributed by atoms with E-state index in [4.69, 9.17) is 5.84 Å². The number of likely N-dealkylation sites (tertiary alicyclic amines) is 1. The number of nitrogens with two attached hydrogens (primary N) is 1. The van der Waals surface area contributed by atoms with Crippen molar-refractivity contribution in [2.24, 2.45) is 11.8 Å². The fraction of sp³-hybridized carbons (Fsp3) is 0.429. The summed E-state index contributed by atoms with van der Waals surface area (Å²) in [6.07, 6.45) is 1.61. The Balaban J connectivity index is 2.11. The molecular weight excluding hydrogens is 242 g/mol. The van der Waals surface area contributed by atoms with Crippen molar-refractivity contribution < 1.29 is 9.59 Å². The van der Waals surface area contributed by atoms with Gasteiger partial charge in [0.25, 0.3) is 5.91 Å². The molecule has 1 aliphatic heterocycles. The lowest BCUT2D eigenvalue weighted by atomic mass is 9.96. The molecule has 0 aliphatic carbocycles. The third-order valence-corrected chi connectivity index (χ3v) is 3.60. The molecule has 0 radical (unpaired) electrons. The minimum absolute atomic E-state index is 0.00683. The topological polar surface area (TPSA) is 75.4 Å². The van der Waals surface area contributed by atoms with Crippen molar-refractivity contribution in [1.29, 1.82) is 0 Å². The Bertz CT molecular complexity index is 487. The maximum Gasteiger partial charge on any atom is 0.254 e. The molecule has 2 amide bonds. The zero-order valence-corrected chi connectivity index (χ0v) is 11.1. The molecule has 5 heteroatoms. The monoisotopic (exact) mass is 261 g/mol. The summed E-state index contributed by atoms with van der Waals surface area (Å²) in [6.45, 7) is 3.05. The fourth-order valence-corrected chi connectivity index (χ4v) is 2.48. The Labute approximate surface area is 112 Å². The van der Waals surface area contributed by atoms with Gasteiger partial charge >= 0.3 is 0 Å². The first-order chi connectivity index (χ1) is 9.13. The molecule has 19 heavy (non-hydrogen) atoms. The highest BCUT2D eigenvalue weighted by atomic mass is 16.2. The van der Waals surface area contributed by atoms with Crippen LogP contribution >= 0.6 is 0 Å². The minimum Gasteiger partial charge on any atom is -0.338 e. The standard InChI is InChI=1S/C14H19N3O2/c1-10-5-2-3-7-12(10)14(19)17-8-4-6-11(9-17)13(18)16-15/h2-3,5,7,11H,4,6,8-9,15H2,1H3,(H,16,18). The quantitative estimate of drug-likeness (QED) is 0.470. The van der Waals surface area contributed by atoms with Crippen molar-refractivity contribution in [3.8, 4) is 0 Å². The lowest BCUT2D eigenvalue weighted by Gasteiger charge is -2.32. The van der Waals surface area contributed by atoms with E-state index in [-0.39, 0.29) is 17.7 Å². The first-order valence-corrected chi connectivity index (χ1v) is 6.49. The second-order valence-corrected chi connectivity index (χ2v) is 4.91. The number of rotatable bonds is 2. The molecule has 0 aromatic heterocycles. The Morgan fingerprint density at radius 1 is 1.37 bits per heavy atom. The molecular formula is C14H19N3O2. The summed E-state index contributed by atoms with van der Waals surface area (Å²) >= 11 is 0. The van der Waals surface area contributed by atoms with Gasteiger partial charge in [-0.05, 0) is 31.4 Å². The van der Waals surface area contributed by atoms with Gasteiger partial charge in [-0.25, -0.2) is 5.84 Å². The van der Waals surface area contributed by atoms with E-state index >= 15 is 0 Å². The smallest absolute Gasteiger partial charge is 0.254 e. The maximum absolute atomic E-state index is 12.4. The van der Waals surface area contributed by atoms with E-state index in [1.165, 1.54) is 0 Å². The lowest BCUT2D eigenvalue weighted by molar-refractivity contribution is -0.126. The molecule has 0 bridgehead atoms. The number of piperidine rings is 1. The molecule has 1 aromatic rings. The molecule has 3 N–H and O–H groups in total. The van der Waals surface area contributed by atoms with Crippen LogP contribution in [0.5, 0.6) is 0 Å². The Morgan fingerprint density at radius 3 is 2.79 bits per heavy atom. The summed E-state index contributed by atoms with van der Waals surface area (Å²) < 4.78 is 0. The van der Waals surface area contributed by atoms with E-state index in [1.807, 2.05) is 31.2 Å². The van der Waals surface area contributed by atoms with Gasteiger partial charge in [-0.2, -0.15) is 0 Å². The van der Waals surface area contributed by atoms with Gasteiger partial charge in [-0.3, -0.25) is 15.0 Å². The van der Waals surface area contributed by atoms with Crippen LogP contribution in [-0.2, 0) is 4.79 Å². The van der Waals surface area contributed by atoms with Gasteiger partial charge < -0.3 is 4.90 Å². The number of nitrogens with zero attached hydrogens (tertiary/aromatic N) is 1. The average molecular weight is 261 g/mol. The van der Waals surface area contributed by atoms with E-state index in [2.05, 4.69) is 5.43 Å². The van der Waals surface area contributed by atoms with Crippen molar-refractivity contribution in [3.63, 3.8) is 0 Å². The van der Waals surface area contributed by atoms with Crippen LogP contribution in [0.4, 0.5) is 0 Å². The van der Waals surface area contributed by atoms with Gasteiger partial charge in [-0.15, -0.1) is 0 Å². The number of hydrazine groups is 1. The zero-order chi connectivity index (χ0) is 13.8. The number of carbonyl (C=O) groups is 2. The van der Waals surface area contributed by atoms with Gasteiger partial charge in [0.1, 0.15) is 0 Å². The van der Waals surface area contributed by atoms with Crippen LogP contribution in [-0.4, -0.2) is 29.8 Å². The Kier molecular flexibility index (Phi) is 4.16. The SMILES string of the molecule is Cc1ccccc1C(=O)N1CCCC(C(=O)NN)C1. The van der Waals surface area contributed by atoms with E-state index in [9.17, 15) is 9.59 Å². The maximum atomic E-state index is 12.4. The fourth-order valence-electron chi connectivity index (χ4n) is 2.48. The van der Waals surface area contributed by atoms with Crippen LogP contribution in [0.2, 0.25) is 0 Å². The van der Waals surface area contributed by atoms with Crippen LogP contribution in [0.25, 0.3) is 0 Å². The lowest BCUT2D eigenvalue weighted by Crippen LogP contribution is -2.47. The highest BCUT2D eigenvalue weighted by Crippen LogP contribution is 2.19. The highest BCUT2D eigenvalue weighted by molar-refractivity contribution is 5.96. The molecule has 1 unspecified atom stereocenters. The number of benzene rings is 1. The molecule has 1 aliphatic rings. The van der Waals surface area contributed by atoms with Gasteiger partial charge in [0, 0.05) is 18.7 Å². The molecule has 1 aromatic carbocycles. The van der Waals surface area contributed by atoms with Crippen LogP contribution in [0.1, 0.15) is 28.8 Å². The molecule has 102 valence electrons. The summed E-state index contributed by atoms with van der Waals surface area (Å²) in [4.78, 5) is 25.7. The van der Waals surface area contributed by atoms with Crippen molar-refractivity contribution in [1.82, 2.24) is 10.3 Å². The van der Waals surface area contributed by atoms with E-state index in [0.717, 1.165) is 18.4 Å². The first-order valence-electron chi connectivity index (χ1n) is 6.49.